The van der Waals surface area contributed by atoms with Gasteiger partial charge in [0.2, 0.25) is 0 Å². The topological polar surface area (TPSA) is 61.6 Å². The summed E-state index contributed by atoms with van der Waals surface area (Å²) in [7, 11) is 0. The molecule has 0 saturated carbocycles. The van der Waals surface area contributed by atoms with E-state index in [4.69, 9.17) is 5.26 Å². The number of alkyl halides is 3. The van der Waals surface area contributed by atoms with Gasteiger partial charge in [-0.05, 0) is 24.6 Å². The van der Waals surface area contributed by atoms with Gasteiger partial charge in [0.25, 0.3) is 0 Å². The Kier molecular flexibility index (Phi) is 3.57. The van der Waals surface area contributed by atoms with Crippen LogP contribution in [0.25, 0.3) is 0 Å². The molecule has 0 aliphatic rings. The molecule has 0 aliphatic heterocycles. The number of hydrogen-bond donors (Lipinski definition) is 1. The number of nitrogens with one attached hydrogen (secondary N) is 1. The van der Waals surface area contributed by atoms with Gasteiger partial charge < -0.3 is 5.32 Å². The molecule has 2 rings (SSSR count). The van der Waals surface area contributed by atoms with Gasteiger partial charge in [-0.15, -0.1) is 0 Å². The first-order chi connectivity index (χ1) is 9.40. The summed E-state index contributed by atoms with van der Waals surface area (Å²) in [5.41, 5.74) is -0.171. The zero-order chi connectivity index (χ0) is 14.8. The number of anilines is 2. The molecule has 0 aliphatic carbocycles. The van der Waals surface area contributed by atoms with Gasteiger partial charge in [0, 0.05) is 5.69 Å². The number of rotatable bonds is 2. The summed E-state index contributed by atoms with van der Waals surface area (Å²) >= 11 is 0. The molecule has 2 aromatic rings. The van der Waals surface area contributed by atoms with Crippen molar-refractivity contribution in [2.45, 2.75) is 13.1 Å². The first kappa shape index (κ1) is 13.8. The zero-order valence-electron chi connectivity index (χ0n) is 10.4. The number of hydrogen-bond acceptors (Lipinski definition) is 4. The highest BCUT2D eigenvalue weighted by atomic mass is 19.4. The predicted octanol–water partition coefficient (Wildman–Crippen LogP) is 3.42. The van der Waals surface area contributed by atoms with Crippen LogP contribution in [-0.2, 0) is 6.18 Å². The van der Waals surface area contributed by atoms with Crippen LogP contribution in [0.4, 0.5) is 24.7 Å². The van der Waals surface area contributed by atoms with Crippen molar-refractivity contribution in [3.05, 3.63) is 47.4 Å². The zero-order valence-corrected chi connectivity index (χ0v) is 10.4. The van der Waals surface area contributed by atoms with E-state index in [2.05, 4.69) is 15.3 Å². The van der Waals surface area contributed by atoms with Crippen LogP contribution in [0, 0.1) is 18.3 Å². The highest BCUT2D eigenvalue weighted by molar-refractivity contribution is 5.58. The molecule has 1 aromatic carbocycles. The summed E-state index contributed by atoms with van der Waals surface area (Å²) in [6.45, 7) is 1.40. The second-order valence-electron chi connectivity index (χ2n) is 4.05. The molecule has 0 radical (unpaired) electrons. The quantitative estimate of drug-likeness (QED) is 0.914. The minimum atomic E-state index is -4.40. The monoisotopic (exact) mass is 278 g/mol. The minimum Gasteiger partial charge on any atom is -0.339 e. The third-order valence-corrected chi connectivity index (χ3v) is 2.58. The van der Waals surface area contributed by atoms with Gasteiger partial charge in [0.1, 0.15) is 11.9 Å². The van der Waals surface area contributed by atoms with E-state index in [9.17, 15) is 13.2 Å². The van der Waals surface area contributed by atoms with E-state index in [-0.39, 0.29) is 22.8 Å². The Balaban J connectivity index is 2.28. The van der Waals surface area contributed by atoms with Crippen molar-refractivity contribution in [2.75, 3.05) is 5.32 Å². The fraction of sp³-hybridized carbons (Fsp3) is 0.154. The molecule has 102 valence electrons. The Morgan fingerprint density at radius 3 is 2.50 bits per heavy atom. The van der Waals surface area contributed by atoms with Gasteiger partial charge in [-0.2, -0.15) is 18.4 Å². The molecule has 0 saturated heterocycles. The lowest BCUT2D eigenvalue weighted by Crippen LogP contribution is -2.08. The SMILES string of the molecule is Cc1ccc(Nc2cnc(C#N)cn2)cc1C(F)(F)F. The van der Waals surface area contributed by atoms with Crippen LogP contribution in [0.5, 0.6) is 0 Å². The lowest BCUT2D eigenvalue weighted by atomic mass is 10.1. The highest BCUT2D eigenvalue weighted by Crippen LogP contribution is 2.33. The van der Waals surface area contributed by atoms with Crippen molar-refractivity contribution < 1.29 is 13.2 Å². The Morgan fingerprint density at radius 2 is 1.95 bits per heavy atom. The molecule has 4 nitrogen and oxygen atoms in total. The number of benzene rings is 1. The first-order valence-electron chi connectivity index (χ1n) is 5.57. The van der Waals surface area contributed by atoms with Gasteiger partial charge in [-0.3, -0.25) is 0 Å². The largest absolute Gasteiger partial charge is 0.416 e. The predicted molar refractivity (Wildman–Crippen MR) is 66.2 cm³/mol. The fourth-order valence-corrected chi connectivity index (χ4v) is 1.60. The molecular formula is C13H9F3N4. The Morgan fingerprint density at radius 1 is 1.20 bits per heavy atom. The lowest BCUT2D eigenvalue weighted by Gasteiger charge is -2.12. The molecule has 0 amide bonds. The minimum absolute atomic E-state index is 0.135. The highest BCUT2D eigenvalue weighted by Gasteiger charge is 2.32. The third-order valence-electron chi connectivity index (χ3n) is 2.58. The number of aryl methyl sites for hydroxylation is 1. The van der Waals surface area contributed by atoms with Gasteiger partial charge in [0.15, 0.2) is 5.69 Å². The molecule has 7 heteroatoms. The molecule has 0 fully saturated rings. The molecule has 0 spiro atoms. The Bertz CT molecular complexity index is 657. The van der Waals surface area contributed by atoms with E-state index in [1.54, 1.807) is 6.07 Å². The smallest absolute Gasteiger partial charge is 0.339 e. The average Bonchev–Trinajstić information content (AvgIpc) is 2.40. The summed E-state index contributed by atoms with van der Waals surface area (Å²) in [6.07, 6.45) is -1.88. The van der Waals surface area contributed by atoms with Crippen LogP contribution in [0.3, 0.4) is 0 Å². The molecule has 0 bridgehead atoms. The van der Waals surface area contributed by atoms with Crippen molar-refractivity contribution in [2.24, 2.45) is 0 Å². The van der Waals surface area contributed by atoms with Gasteiger partial charge in [-0.1, -0.05) is 6.07 Å². The summed E-state index contributed by atoms with van der Waals surface area (Å²) in [4.78, 5) is 7.66. The number of nitrogens with zero attached hydrogens (tertiary/aromatic N) is 3. The van der Waals surface area contributed by atoms with Crippen LogP contribution >= 0.6 is 0 Å². The van der Waals surface area contributed by atoms with E-state index in [0.29, 0.717) is 0 Å². The van der Waals surface area contributed by atoms with Gasteiger partial charge in [0.05, 0.1) is 18.0 Å². The molecule has 1 aromatic heterocycles. The van der Waals surface area contributed by atoms with Gasteiger partial charge >= 0.3 is 6.18 Å². The average molecular weight is 278 g/mol. The maximum absolute atomic E-state index is 12.8. The van der Waals surface area contributed by atoms with Crippen molar-refractivity contribution >= 4 is 11.5 Å². The Hall–Kier alpha value is -2.62. The van der Waals surface area contributed by atoms with E-state index in [1.165, 1.54) is 31.5 Å². The lowest BCUT2D eigenvalue weighted by molar-refractivity contribution is -0.138. The van der Waals surface area contributed by atoms with Crippen molar-refractivity contribution in [3.8, 4) is 6.07 Å². The first-order valence-corrected chi connectivity index (χ1v) is 5.57. The van der Waals surface area contributed by atoms with E-state index in [0.717, 1.165) is 6.07 Å². The molecule has 0 unspecified atom stereocenters. The molecule has 0 atom stereocenters. The fourth-order valence-electron chi connectivity index (χ4n) is 1.60. The van der Waals surface area contributed by atoms with Gasteiger partial charge in [-0.25, -0.2) is 9.97 Å². The normalized spacial score (nSPS) is 10.9. The van der Waals surface area contributed by atoms with Crippen LogP contribution in [0.2, 0.25) is 0 Å². The number of aromatic nitrogens is 2. The maximum atomic E-state index is 12.8. The second kappa shape index (κ2) is 5.17. The van der Waals surface area contributed by atoms with E-state index in [1.807, 2.05) is 0 Å². The van der Waals surface area contributed by atoms with Crippen LogP contribution < -0.4 is 5.32 Å². The number of nitriles is 1. The maximum Gasteiger partial charge on any atom is 0.416 e. The summed E-state index contributed by atoms with van der Waals surface area (Å²) in [5.74, 6) is 0.265. The molecule has 1 N–H and O–H groups in total. The standard InChI is InChI=1S/C13H9F3N4/c1-8-2-3-9(4-11(8)13(14,15)16)20-12-7-18-10(5-17)6-19-12/h2-4,6-7H,1H3,(H,19,20). The molecule has 1 heterocycles. The summed E-state index contributed by atoms with van der Waals surface area (Å²) in [5, 5.41) is 11.3. The number of halogens is 3. The third kappa shape index (κ3) is 3.03. The molecular weight excluding hydrogens is 269 g/mol. The summed E-state index contributed by atoms with van der Waals surface area (Å²) in [6, 6.07) is 5.71. The van der Waals surface area contributed by atoms with Crippen LogP contribution in [0.15, 0.2) is 30.6 Å². The van der Waals surface area contributed by atoms with E-state index >= 15 is 0 Å². The summed E-state index contributed by atoms with van der Waals surface area (Å²) < 4.78 is 38.3. The van der Waals surface area contributed by atoms with Crippen LogP contribution in [-0.4, -0.2) is 9.97 Å². The van der Waals surface area contributed by atoms with Crippen molar-refractivity contribution in [1.29, 1.82) is 5.26 Å². The Labute approximate surface area is 112 Å². The van der Waals surface area contributed by atoms with E-state index < -0.39 is 11.7 Å². The van der Waals surface area contributed by atoms with Crippen LogP contribution in [0.1, 0.15) is 16.8 Å². The van der Waals surface area contributed by atoms with Crippen molar-refractivity contribution in [1.82, 2.24) is 9.97 Å². The van der Waals surface area contributed by atoms with Crippen molar-refractivity contribution in [3.63, 3.8) is 0 Å². The molecule has 20 heavy (non-hydrogen) atoms. The second-order valence-corrected chi connectivity index (χ2v) is 4.05.